The normalized spacial score (nSPS) is 20.4. The molecule has 3 aromatic rings. The number of hydrogen-bond acceptors (Lipinski definition) is 2. The van der Waals surface area contributed by atoms with Gasteiger partial charge in [-0.05, 0) is 42.7 Å². The zero-order valence-corrected chi connectivity index (χ0v) is 18.9. The van der Waals surface area contributed by atoms with E-state index in [-0.39, 0.29) is 11.8 Å². The van der Waals surface area contributed by atoms with Crippen molar-refractivity contribution in [1.29, 1.82) is 0 Å². The highest BCUT2D eigenvalue weighted by molar-refractivity contribution is 9.10. The van der Waals surface area contributed by atoms with E-state index in [4.69, 9.17) is 4.98 Å². The number of halogens is 1. The maximum Gasteiger partial charge on any atom is 0.227 e. The molecule has 1 saturated heterocycles. The van der Waals surface area contributed by atoms with Gasteiger partial charge in [-0.2, -0.15) is 0 Å². The molecule has 0 spiro atoms. The second-order valence-corrected chi connectivity index (χ2v) is 9.70. The number of carbonyl (C=O) groups is 1. The number of fused-ring (bicyclic) bond motifs is 1. The summed E-state index contributed by atoms with van der Waals surface area (Å²) >= 11 is 3.53. The van der Waals surface area contributed by atoms with Gasteiger partial charge in [0, 0.05) is 35.6 Å². The van der Waals surface area contributed by atoms with Crippen LogP contribution in [0.15, 0.2) is 53.0 Å². The molecule has 0 N–H and O–H groups in total. The molecule has 5 rings (SSSR count). The molecule has 2 aromatic carbocycles. The van der Waals surface area contributed by atoms with Crippen molar-refractivity contribution < 1.29 is 4.79 Å². The lowest BCUT2D eigenvalue weighted by Crippen LogP contribution is -2.24. The summed E-state index contributed by atoms with van der Waals surface area (Å²) in [5, 5.41) is 0. The fourth-order valence-electron chi connectivity index (χ4n) is 5.20. The van der Waals surface area contributed by atoms with Crippen molar-refractivity contribution in [3.63, 3.8) is 0 Å². The van der Waals surface area contributed by atoms with Crippen LogP contribution in [0.1, 0.15) is 56.7 Å². The smallest absolute Gasteiger partial charge is 0.227 e. The molecule has 0 bridgehead atoms. The summed E-state index contributed by atoms with van der Waals surface area (Å²) in [4.78, 5) is 19.8. The highest BCUT2D eigenvalue weighted by atomic mass is 79.9. The molecule has 1 aromatic heterocycles. The average molecular weight is 466 g/mol. The van der Waals surface area contributed by atoms with E-state index in [1.165, 1.54) is 44.0 Å². The highest BCUT2D eigenvalue weighted by Gasteiger charge is 2.35. The van der Waals surface area contributed by atoms with E-state index in [2.05, 4.69) is 44.8 Å². The van der Waals surface area contributed by atoms with Gasteiger partial charge in [0.05, 0.1) is 11.0 Å². The van der Waals surface area contributed by atoms with Gasteiger partial charge in [-0.25, -0.2) is 4.98 Å². The molecule has 2 heterocycles. The number of aromatic nitrogens is 2. The molecule has 1 saturated carbocycles. The van der Waals surface area contributed by atoms with Crippen molar-refractivity contribution in [2.45, 2.75) is 57.4 Å². The summed E-state index contributed by atoms with van der Waals surface area (Å²) in [6.45, 7) is 1.70. The van der Waals surface area contributed by atoms with Crippen LogP contribution in [0.25, 0.3) is 11.0 Å². The molecular weight excluding hydrogens is 438 g/mol. The van der Waals surface area contributed by atoms with Crippen molar-refractivity contribution in [3.05, 3.63) is 58.8 Å². The first kappa shape index (κ1) is 19.8. The first-order valence-corrected chi connectivity index (χ1v) is 12.0. The van der Waals surface area contributed by atoms with Gasteiger partial charge in [-0.15, -0.1) is 0 Å². The Hall–Kier alpha value is -2.14. The third kappa shape index (κ3) is 3.92. The summed E-state index contributed by atoms with van der Waals surface area (Å²) in [5.74, 6) is 2.23. The van der Waals surface area contributed by atoms with Crippen molar-refractivity contribution in [1.82, 2.24) is 9.55 Å². The summed E-state index contributed by atoms with van der Waals surface area (Å²) in [6, 6.07) is 16.4. The summed E-state index contributed by atoms with van der Waals surface area (Å²) in [6.07, 6.45) is 8.61. The molecule has 1 unspecified atom stereocenters. The quantitative estimate of drug-likeness (QED) is 0.443. The van der Waals surface area contributed by atoms with Crippen LogP contribution in [0.5, 0.6) is 0 Å². The number of amides is 1. The largest absolute Gasteiger partial charge is 0.328 e. The second-order valence-electron chi connectivity index (χ2n) is 8.79. The molecule has 30 heavy (non-hydrogen) atoms. The second kappa shape index (κ2) is 8.54. The Morgan fingerprint density at radius 2 is 1.87 bits per heavy atom. The number of benzene rings is 2. The summed E-state index contributed by atoms with van der Waals surface area (Å²) in [5.41, 5.74) is 3.21. The Balaban J connectivity index is 1.42. The molecule has 156 valence electrons. The summed E-state index contributed by atoms with van der Waals surface area (Å²) < 4.78 is 3.41. The number of imidazole rings is 1. The number of hydrogen-bond donors (Lipinski definition) is 0. The molecule has 2 aliphatic rings. The van der Waals surface area contributed by atoms with Crippen molar-refractivity contribution in [2.24, 2.45) is 5.92 Å². The number of anilines is 1. The Labute approximate surface area is 186 Å². The maximum absolute atomic E-state index is 12.9. The Kier molecular flexibility index (Phi) is 5.64. The van der Waals surface area contributed by atoms with Crippen LogP contribution in [-0.2, 0) is 11.3 Å². The SMILES string of the molecule is O=C1CC(c2nc3ccccc3n2CCC2CCCCC2)CN1c1cccc(Br)c1. The molecule has 0 radical (unpaired) electrons. The summed E-state index contributed by atoms with van der Waals surface area (Å²) in [7, 11) is 0. The van der Waals surface area contributed by atoms with Crippen LogP contribution in [-0.4, -0.2) is 22.0 Å². The van der Waals surface area contributed by atoms with Crippen molar-refractivity contribution in [3.8, 4) is 0 Å². The van der Waals surface area contributed by atoms with E-state index in [9.17, 15) is 4.79 Å². The van der Waals surface area contributed by atoms with Gasteiger partial charge in [0.25, 0.3) is 0 Å². The van der Waals surface area contributed by atoms with Gasteiger partial charge in [-0.3, -0.25) is 4.79 Å². The van der Waals surface area contributed by atoms with Crippen LogP contribution in [0, 0.1) is 5.92 Å². The molecule has 5 heteroatoms. The minimum atomic E-state index is 0.134. The first-order valence-electron chi connectivity index (χ1n) is 11.2. The van der Waals surface area contributed by atoms with Gasteiger partial charge >= 0.3 is 0 Å². The van der Waals surface area contributed by atoms with E-state index >= 15 is 0 Å². The van der Waals surface area contributed by atoms with E-state index in [1.807, 2.05) is 29.2 Å². The van der Waals surface area contributed by atoms with Crippen LogP contribution in [0.3, 0.4) is 0 Å². The lowest BCUT2D eigenvalue weighted by atomic mass is 9.87. The molecule has 1 amide bonds. The number of nitrogens with zero attached hydrogens (tertiary/aromatic N) is 3. The van der Waals surface area contributed by atoms with Gasteiger partial charge in [0.1, 0.15) is 5.82 Å². The van der Waals surface area contributed by atoms with E-state index in [0.29, 0.717) is 13.0 Å². The third-order valence-electron chi connectivity index (χ3n) is 6.78. The number of carbonyl (C=O) groups excluding carboxylic acids is 1. The fraction of sp³-hybridized carbons (Fsp3) is 0.440. The van der Waals surface area contributed by atoms with Gasteiger partial charge in [0.15, 0.2) is 0 Å². The number of aryl methyl sites for hydroxylation is 1. The standard InChI is InChI=1S/C25H28BrN3O/c26-20-9-6-10-21(16-20)29-17-19(15-24(29)30)25-27-22-11-4-5-12-23(22)28(25)14-13-18-7-2-1-3-8-18/h4-6,9-12,16,18-19H,1-3,7-8,13-15,17H2. The minimum absolute atomic E-state index is 0.134. The molecule has 2 fully saturated rings. The third-order valence-corrected chi connectivity index (χ3v) is 7.27. The minimum Gasteiger partial charge on any atom is -0.328 e. The fourth-order valence-corrected chi connectivity index (χ4v) is 5.59. The zero-order valence-electron chi connectivity index (χ0n) is 17.3. The first-order chi connectivity index (χ1) is 14.7. The lowest BCUT2D eigenvalue weighted by molar-refractivity contribution is -0.117. The van der Waals surface area contributed by atoms with Crippen LogP contribution in [0.4, 0.5) is 5.69 Å². The number of para-hydroxylation sites is 2. The molecule has 1 atom stereocenters. The molecular formula is C25H28BrN3O. The Morgan fingerprint density at radius 1 is 1.03 bits per heavy atom. The van der Waals surface area contributed by atoms with Crippen molar-refractivity contribution in [2.75, 3.05) is 11.4 Å². The lowest BCUT2D eigenvalue weighted by Gasteiger charge is -2.23. The van der Waals surface area contributed by atoms with E-state index in [1.54, 1.807) is 0 Å². The van der Waals surface area contributed by atoms with E-state index in [0.717, 1.165) is 34.0 Å². The Morgan fingerprint density at radius 3 is 2.70 bits per heavy atom. The predicted octanol–water partition coefficient (Wildman–Crippen LogP) is 6.29. The van der Waals surface area contributed by atoms with Gasteiger partial charge in [-0.1, -0.05) is 66.2 Å². The maximum atomic E-state index is 12.9. The van der Waals surface area contributed by atoms with E-state index < -0.39 is 0 Å². The zero-order chi connectivity index (χ0) is 20.5. The average Bonchev–Trinajstić information content (AvgIpc) is 3.33. The number of rotatable bonds is 5. The molecule has 4 nitrogen and oxygen atoms in total. The van der Waals surface area contributed by atoms with Crippen LogP contribution in [0.2, 0.25) is 0 Å². The van der Waals surface area contributed by atoms with Crippen LogP contribution >= 0.6 is 15.9 Å². The van der Waals surface area contributed by atoms with Gasteiger partial charge < -0.3 is 9.47 Å². The predicted molar refractivity (Wildman–Crippen MR) is 125 cm³/mol. The Bertz CT molecular complexity index is 1050. The van der Waals surface area contributed by atoms with Crippen molar-refractivity contribution >= 4 is 38.6 Å². The van der Waals surface area contributed by atoms with Crippen LogP contribution < -0.4 is 4.90 Å². The highest BCUT2D eigenvalue weighted by Crippen LogP contribution is 2.35. The van der Waals surface area contributed by atoms with Gasteiger partial charge in [0.2, 0.25) is 5.91 Å². The topological polar surface area (TPSA) is 38.1 Å². The molecule has 1 aliphatic heterocycles. The molecule has 1 aliphatic carbocycles. The monoisotopic (exact) mass is 465 g/mol.